The monoisotopic (exact) mass is 264 g/mol. The number of hydrogen-bond donors (Lipinski definition) is 1. The Kier molecular flexibility index (Phi) is 4.48. The number of hydrogen-bond acceptors (Lipinski definition) is 2. The molecule has 19 heavy (non-hydrogen) atoms. The fraction of sp³-hybridized carbons (Fsp3) is 1.00. The Morgan fingerprint density at radius 2 is 1.89 bits per heavy atom. The third kappa shape index (κ3) is 3.00. The predicted molar refractivity (Wildman–Crippen MR) is 81.3 cm³/mol. The first-order valence-corrected chi connectivity index (χ1v) is 8.75. The van der Waals surface area contributed by atoms with Crippen LogP contribution in [0, 0.1) is 17.8 Å². The van der Waals surface area contributed by atoms with Gasteiger partial charge in [-0.25, -0.2) is 0 Å². The van der Waals surface area contributed by atoms with Gasteiger partial charge in [-0.3, -0.25) is 0 Å². The highest BCUT2D eigenvalue weighted by atomic mass is 15.2. The maximum absolute atomic E-state index is 3.70. The molecule has 0 aromatic carbocycles. The summed E-state index contributed by atoms with van der Waals surface area (Å²) in [7, 11) is 0. The van der Waals surface area contributed by atoms with E-state index in [4.69, 9.17) is 0 Å². The Hall–Kier alpha value is -0.0800. The molecule has 0 aromatic rings. The Morgan fingerprint density at radius 1 is 1.11 bits per heavy atom. The zero-order chi connectivity index (χ0) is 13.2. The van der Waals surface area contributed by atoms with Gasteiger partial charge in [-0.1, -0.05) is 13.3 Å². The molecule has 0 radical (unpaired) electrons. The van der Waals surface area contributed by atoms with Crippen molar-refractivity contribution in [3.05, 3.63) is 0 Å². The van der Waals surface area contributed by atoms with Gasteiger partial charge in [0, 0.05) is 12.1 Å². The molecule has 110 valence electrons. The highest BCUT2D eigenvalue weighted by Gasteiger charge is 2.43. The second-order valence-corrected chi connectivity index (χ2v) is 7.34. The number of rotatable bonds is 5. The van der Waals surface area contributed by atoms with E-state index in [-0.39, 0.29) is 0 Å². The maximum atomic E-state index is 3.70. The van der Waals surface area contributed by atoms with E-state index in [1.807, 2.05) is 0 Å². The Balaban J connectivity index is 1.46. The van der Waals surface area contributed by atoms with Crippen molar-refractivity contribution in [1.82, 2.24) is 10.2 Å². The summed E-state index contributed by atoms with van der Waals surface area (Å²) in [5.41, 5.74) is 0. The summed E-state index contributed by atoms with van der Waals surface area (Å²) in [5, 5.41) is 3.70. The van der Waals surface area contributed by atoms with E-state index in [0.29, 0.717) is 0 Å². The molecule has 0 amide bonds. The van der Waals surface area contributed by atoms with Crippen LogP contribution in [0.3, 0.4) is 0 Å². The van der Waals surface area contributed by atoms with Crippen molar-refractivity contribution >= 4 is 0 Å². The topological polar surface area (TPSA) is 15.3 Å². The molecule has 2 heteroatoms. The summed E-state index contributed by atoms with van der Waals surface area (Å²) >= 11 is 0. The van der Waals surface area contributed by atoms with Gasteiger partial charge >= 0.3 is 0 Å². The molecule has 4 unspecified atom stereocenters. The van der Waals surface area contributed by atoms with E-state index in [2.05, 4.69) is 24.1 Å². The molecule has 3 fully saturated rings. The summed E-state index contributed by atoms with van der Waals surface area (Å²) in [6, 6.07) is 1.64. The lowest BCUT2D eigenvalue weighted by Crippen LogP contribution is -2.48. The minimum Gasteiger partial charge on any atom is -0.314 e. The number of piperidine rings is 1. The van der Waals surface area contributed by atoms with Crippen LogP contribution in [0.1, 0.15) is 58.8 Å². The molecule has 1 aliphatic heterocycles. The molecule has 1 heterocycles. The first-order valence-electron chi connectivity index (χ1n) is 8.75. The van der Waals surface area contributed by atoms with E-state index in [1.165, 1.54) is 51.7 Å². The molecular weight excluding hydrogens is 232 g/mol. The molecule has 4 atom stereocenters. The average Bonchev–Trinajstić information content (AvgIpc) is 3.07. The van der Waals surface area contributed by atoms with Crippen LogP contribution in [-0.4, -0.2) is 36.6 Å². The highest BCUT2D eigenvalue weighted by Crippen LogP contribution is 2.50. The van der Waals surface area contributed by atoms with Gasteiger partial charge < -0.3 is 10.2 Å². The van der Waals surface area contributed by atoms with E-state index in [0.717, 1.165) is 29.8 Å². The van der Waals surface area contributed by atoms with Gasteiger partial charge in [0.2, 0.25) is 0 Å². The van der Waals surface area contributed by atoms with Crippen LogP contribution in [0.5, 0.6) is 0 Å². The van der Waals surface area contributed by atoms with Gasteiger partial charge in [0.05, 0.1) is 0 Å². The van der Waals surface area contributed by atoms with Crippen molar-refractivity contribution < 1.29 is 0 Å². The van der Waals surface area contributed by atoms with Crippen molar-refractivity contribution in [3.63, 3.8) is 0 Å². The van der Waals surface area contributed by atoms with Gasteiger partial charge in [-0.15, -0.1) is 0 Å². The largest absolute Gasteiger partial charge is 0.314 e. The van der Waals surface area contributed by atoms with Gasteiger partial charge in [0.1, 0.15) is 0 Å². The molecule has 2 nitrogen and oxygen atoms in total. The summed E-state index contributed by atoms with van der Waals surface area (Å²) < 4.78 is 0. The standard InChI is InChI=1S/C17H32N2/c1-3-8-18-16-6-9-19(10-7-16)13(2)17-12-14-4-5-15(17)11-14/h13-18H,3-12H2,1-2H3. The number of likely N-dealkylation sites (tertiary alicyclic amines) is 1. The molecule has 0 spiro atoms. The van der Waals surface area contributed by atoms with Gasteiger partial charge in [-0.2, -0.15) is 0 Å². The molecule has 1 saturated heterocycles. The minimum absolute atomic E-state index is 0.795. The summed E-state index contributed by atoms with van der Waals surface area (Å²) in [4.78, 5) is 2.80. The van der Waals surface area contributed by atoms with Crippen molar-refractivity contribution in [2.75, 3.05) is 19.6 Å². The van der Waals surface area contributed by atoms with Crippen LogP contribution < -0.4 is 5.32 Å². The fourth-order valence-electron chi connectivity index (χ4n) is 5.01. The lowest BCUT2D eigenvalue weighted by molar-refractivity contribution is 0.0896. The molecule has 2 saturated carbocycles. The zero-order valence-corrected chi connectivity index (χ0v) is 12.9. The smallest absolute Gasteiger partial charge is 0.00979 e. The first kappa shape index (κ1) is 13.9. The van der Waals surface area contributed by atoms with Crippen LogP contribution in [-0.2, 0) is 0 Å². The summed E-state index contributed by atoms with van der Waals surface area (Å²) in [6.07, 6.45) is 10.2. The lowest BCUT2D eigenvalue weighted by atomic mass is 9.82. The summed E-state index contributed by atoms with van der Waals surface area (Å²) in [6.45, 7) is 8.64. The van der Waals surface area contributed by atoms with Crippen LogP contribution in [0.4, 0.5) is 0 Å². The Bertz CT molecular complexity index is 283. The molecule has 2 bridgehead atoms. The second kappa shape index (κ2) is 6.13. The Labute approximate surface area is 119 Å². The van der Waals surface area contributed by atoms with Crippen molar-refractivity contribution in [2.24, 2.45) is 17.8 Å². The Morgan fingerprint density at radius 3 is 2.47 bits per heavy atom. The molecule has 0 aromatic heterocycles. The first-order chi connectivity index (χ1) is 9.28. The summed E-state index contributed by atoms with van der Waals surface area (Å²) in [5.74, 6) is 3.20. The lowest BCUT2D eigenvalue weighted by Gasteiger charge is -2.41. The van der Waals surface area contributed by atoms with Crippen LogP contribution >= 0.6 is 0 Å². The van der Waals surface area contributed by atoms with Crippen molar-refractivity contribution in [1.29, 1.82) is 0 Å². The number of nitrogens with one attached hydrogen (secondary N) is 1. The number of fused-ring (bicyclic) bond motifs is 2. The van der Waals surface area contributed by atoms with Gasteiger partial charge in [-0.05, 0) is 82.8 Å². The van der Waals surface area contributed by atoms with E-state index in [1.54, 1.807) is 12.8 Å². The normalized spacial score (nSPS) is 37.9. The zero-order valence-electron chi connectivity index (χ0n) is 12.9. The van der Waals surface area contributed by atoms with Gasteiger partial charge in [0.15, 0.2) is 0 Å². The van der Waals surface area contributed by atoms with E-state index < -0.39 is 0 Å². The average molecular weight is 264 g/mol. The van der Waals surface area contributed by atoms with Crippen LogP contribution in [0.25, 0.3) is 0 Å². The predicted octanol–water partition coefficient (Wildman–Crippen LogP) is 3.28. The van der Waals surface area contributed by atoms with E-state index in [9.17, 15) is 0 Å². The number of nitrogens with zero attached hydrogens (tertiary/aromatic N) is 1. The van der Waals surface area contributed by atoms with Crippen molar-refractivity contribution in [3.8, 4) is 0 Å². The third-order valence-corrected chi connectivity index (χ3v) is 6.20. The molecule has 2 aliphatic carbocycles. The van der Waals surface area contributed by atoms with Crippen LogP contribution in [0.2, 0.25) is 0 Å². The molecule has 3 aliphatic rings. The third-order valence-electron chi connectivity index (χ3n) is 6.20. The second-order valence-electron chi connectivity index (χ2n) is 7.34. The molecule has 3 rings (SSSR count). The van der Waals surface area contributed by atoms with Crippen molar-refractivity contribution in [2.45, 2.75) is 70.9 Å². The SMILES string of the molecule is CCCNC1CCN(C(C)C2CC3CCC2C3)CC1. The molecule has 1 N–H and O–H groups in total. The van der Waals surface area contributed by atoms with Gasteiger partial charge in [0.25, 0.3) is 0 Å². The highest BCUT2D eigenvalue weighted by molar-refractivity contribution is 4.95. The van der Waals surface area contributed by atoms with E-state index >= 15 is 0 Å². The molecular formula is C17H32N2. The minimum atomic E-state index is 0.795. The maximum Gasteiger partial charge on any atom is 0.00979 e. The quantitative estimate of drug-likeness (QED) is 0.820. The fourth-order valence-corrected chi connectivity index (χ4v) is 5.01. The van der Waals surface area contributed by atoms with Crippen LogP contribution in [0.15, 0.2) is 0 Å².